The molecular formula is C20H22Cl2N3O2+. The molecule has 0 heterocycles. The lowest BCUT2D eigenvalue weighted by atomic mass is 10.2. The molecule has 0 aliphatic carbocycles. The van der Waals surface area contributed by atoms with Gasteiger partial charge in [0.25, 0.3) is 5.91 Å². The fraction of sp³-hybridized carbons (Fsp3) is 0.300. The van der Waals surface area contributed by atoms with Gasteiger partial charge in [-0.3, -0.25) is 4.79 Å². The van der Waals surface area contributed by atoms with Crippen molar-refractivity contribution in [3.05, 3.63) is 58.1 Å². The van der Waals surface area contributed by atoms with Gasteiger partial charge in [0.1, 0.15) is 12.3 Å². The van der Waals surface area contributed by atoms with E-state index in [-0.39, 0.29) is 18.9 Å². The molecule has 0 aliphatic heterocycles. The van der Waals surface area contributed by atoms with Crippen LogP contribution >= 0.6 is 23.2 Å². The molecule has 0 spiro atoms. The normalized spacial score (nSPS) is 11.5. The minimum Gasteiger partial charge on any atom is -0.495 e. The number of amides is 1. The average molecular weight is 407 g/mol. The smallest absolute Gasteiger partial charge is 0.282 e. The van der Waals surface area contributed by atoms with Gasteiger partial charge in [-0.2, -0.15) is 5.26 Å². The third-order valence-corrected chi connectivity index (χ3v) is 4.67. The van der Waals surface area contributed by atoms with Crippen LogP contribution in [0.3, 0.4) is 0 Å². The summed E-state index contributed by atoms with van der Waals surface area (Å²) < 4.78 is 5.37. The van der Waals surface area contributed by atoms with E-state index in [4.69, 9.17) is 33.2 Å². The Morgan fingerprint density at radius 1 is 1.26 bits per heavy atom. The Kier molecular flexibility index (Phi) is 7.93. The molecule has 0 saturated carbocycles. The molecule has 2 aromatic carbocycles. The minimum absolute atomic E-state index is 0.0858. The van der Waals surface area contributed by atoms with Crippen LogP contribution in [-0.2, 0) is 11.3 Å². The highest BCUT2D eigenvalue weighted by Gasteiger charge is 2.22. The summed E-state index contributed by atoms with van der Waals surface area (Å²) in [6.07, 6.45) is 0.242. The predicted octanol–water partition coefficient (Wildman–Crippen LogP) is 2.96. The summed E-state index contributed by atoms with van der Waals surface area (Å²) in [6.45, 7) is 1.15. The van der Waals surface area contributed by atoms with E-state index in [9.17, 15) is 4.79 Å². The van der Waals surface area contributed by atoms with Crippen molar-refractivity contribution in [1.29, 1.82) is 5.26 Å². The molecule has 0 fully saturated rings. The van der Waals surface area contributed by atoms with Gasteiger partial charge in [0.05, 0.1) is 37.4 Å². The molecule has 1 N–H and O–H groups in total. The van der Waals surface area contributed by atoms with Gasteiger partial charge in [-0.05, 0) is 24.3 Å². The monoisotopic (exact) mass is 406 g/mol. The third kappa shape index (κ3) is 5.86. The number of hydrogen-bond acceptors (Lipinski definition) is 3. The Labute approximate surface area is 169 Å². The topological polar surface area (TPSA) is 57.8 Å². The molecule has 0 aromatic heterocycles. The average Bonchev–Trinajstić information content (AvgIpc) is 2.64. The lowest BCUT2D eigenvalue weighted by molar-refractivity contribution is -0.885. The zero-order chi connectivity index (χ0) is 19.8. The maximum atomic E-state index is 12.9. The number of quaternary nitrogens is 1. The van der Waals surface area contributed by atoms with Crippen molar-refractivity contribution in [3.63, 3.8) is 0 Å². The minimum atomic E-state index is -0.0858. The van der Waals surface area contributed by atoms with E-state index in [1.165, 1.54) is 0 Å². The summed E-state index contributed by atoms with van der Waals surface area (Å²) >= 11 is 12.2. The number of likely N-dealkylation sites (N-methyl/N-ethyl adjacent to an activating group) is 1. The zero-order valence-corrected chi connectivity index (χ0v) is 16.8. The third-order valence-electron chi connectivity index (χ3n) is 4.08. The molecule has 1 atom stereocenters. The molecule has 0 saturated heterocycles. The second-order valence-electron chi connectivity index (χ2n) is 6.17. The van der Waals surface area contributed by atoms with Gasteiger partial charge in [0.15, 0.2) is 6.54 Å². The van der Waals surface area contributed by atoms with E-state index in [1.54, 1.807) is 30.2 Å². The van der Waals surface area contributed by atoms with Gasteiger partial charge in [-0.15, -0.1) is 0 Å². The Morgan fingerprint density at radius 2 is 2.00 bits per heavy atom. The van der Waals surface area contributed by atoms with Crippen molar-refractivity contribution in [2.45, 2.75) is 13.0 Å². The highest BCUT2D eigenvalue weighted by atomic mass is 35.5. The van der Waals surface area contributed by atoms with E-state index in [0.717, 1.165) is 10.5 Å². The number of nitrogens with zero attached hydrogens (tertiary/aromatic N) is 2. The number of methoxy groups -OCH3 is 1. The molecule has 0 bridgehead atoms. The van der Waals surface area contributed by atoms with E-state index >= 15 is 0 Å². The molecule has 0 radical (unpaired) electrons. The molecule has 2 rings (SSSR count). The Bertz CT molecular complexity index is 836. The molecule has 1 unspecified atom stereocenters. The lowest BCUT2D eigenvalue weighted by Gasteiger charge is -2.25. The molecule has 142 valence electrons. The van der Waals surface area contributed by atoms with Crippen LogP contribution in [0.2, 0.25) is 10.0 Å². The lowest BCUT2D eigenvalue weighted by Crippen LogP contribution is -3.09. The summed E-state index contributed by atoms with van der Waals surface area (Å²) in [5, 5.41) is 10.1. The summed E-state index contributed by atoms with van der Waals surface area (Å²) in [5.74, 6) is 0.513. The van der Waals surface area contributed by atoms with Gasteiger partial charge < -0.3 is 14.5 Å². The summed E-state index contributed by atoms with van der Waals surface area (Å²) in [4.78, 5) is 15.5. The second-order valence-corrected chi connectivity index (χ2v) is 7.02. The van der Waals surface area contributed by atoms with Gasteiger partial charge in [0, 0.05) is 17.1 Å². The quantitative estimate of drug-likeness (QED) is 0.732. The maximum Gasteiger partial charge on any atom is 0.282 e. The highest BCUT2D eigenvalue weighted by Crippen LogP contribution is 2.27. The first kappa shape index (κ1) is 21.0. The van der Waals surface area contributed by atoms with Gasteiger partial charge >= 0.3 is 0 Å². The molecule has 0 aliphatic rings. The highest BCUT2D eigenvalue weighted by molar-refractivity contribution is 6.35. The van der Waals surface area contributed by atoms with E-state index in [2.05, 4.69) is 6.07 Å². The number of carbonyl (C=O) groups is 1. The predicted molar refractivity (Wildman–Crippen MR) is 107 cm³/mol. The van der Waals surface area contributed by atoms with Crippen LogP contribution in [-0.4, -0.2) is 33.2 Å². The van der Waals surface area contributed by atoms with Crippen molar-refractivity contribution in [3.8, 4) is 11.8 Å². The molecule has 5 nitrogen and oxygen atoms in total. The van der Waals surface area contributed by atoms with E-state index < -0.39 is 0 Å². The number of para-hydroxylation sites is 2. The van der Waals surface area contributed by atoms with Crippen LogP contribution in [0.15, 0.2) is 42.5 Å². The zero-order valence-electron chi connectivity index (χ0n) is 15.3. The second kappa shape index (κ2) is 10.2. The van der Waals surface area contributed by atoms with Crippen LogP contribution in [0.25, 0.3) is 0 Å². The first-order valence-electron chi connectivity index (χ1n) is 8.51. The first-order chi connectivity index (χ1) is 13.0. The van der Waals surface area contributed by atoms with Crippen LogP contribution in [0.1, 0.15) is 12.0 Å². The summed E-state index contributed by atoms with van der Waals surface area (Å²) in [7, 11) is 3.49. The Balaban J connectivity index is 2.14. The largest absolute Gasteiger partial charge is 0.495 e. The fourth-order valence-corrected chi connectivity index (χ4v) is 3.28. The number of benzene rings is 2. The molecule has 1 amide bonds. The summed E-state index contributed by atoms with van der Waals surface area (Å²) in [6, 6.07) is 14.7. The van der Waals surface area contributed by atoms with Crippen LogP contribution < -0.4 is 14.5 Å². The number of nitriles is 1. The van der Waals surface area contributed by atoms with E-state index in [1.807, 2.05) is 31.3 Å². The standard InChI is InChI=1S/C20H21Cl2N3O2/c1-24(13-15-8-9-16(21)12-17(15)22)14-20(26)25(11-5-10-23)18-6-3-4-7-19(18)27-2/h3-4,6-9,12H,5,11,13-14H2,1-2H3/p+1. The van der Waals surface area contributed by atoms with Crippen molar-refractivity contribution in [1.82, 2.24) is 0 Å². The molecule has 27 heavy (non-hydrogen) atoms. The summed E-state index contributed by atoms with van der Waals surface area (Å²) in [5.41, 5.74) is 1.59. The van der Waals surface area contributed by atoms with Crippen molar-refractivity contribution < 1.29 is 14.4 Å². The van der Waals surface area contributed by atoms with Crippen LogP contribution in [0, 0.1) is 11.3 Å². The van der Waals surface area contributed by atoms with E-state index in [0.29, 0.717) is 34.6 Å². The fourth-order valence-electron chi connectivity index (χ4n) is 2.80. The maximum absolute atomic E-state index is 12.9. The van der Waals surface area contributed by atoms with Gasteiger partial charge in [-0.1, -0.05) is 41.4 Å². The SMILES string of the molecule is COc1ccccc1N(CCC#N)C(=O)C[NH+](C)Cc1ccc(Cl)cc1Cl. The first-order valence-corrected chi connectivity index (χ1v) is 9.27. The van der Waals surface area contributed by atoms with Crippen molar-refractivity contribution in [2.75, 3.05) is 32.1 Å². The molecule has 2 aromatic rings. The molecular weight excluding hydrogens is 385 g/mol. The van der Waals surface area contributed by atoms with Gasteiger partial charge in [0.2, 0.25) is 0 Å². The van der Waals surface area contributed by atoms with Crippen LogP contribution in [0.5, 0.6) is 5.75 Å². The van der Waals surface area contributed by atoms with Crippen LogP contribution in [0.4, 0.5) is 5.69 Å². The van der Waals surface area contributed by atoms with Crippen molar-refractivity contribution in [2.24, 2.45) is 0 Å². The Morgan fingerprint density at radius 3 is 2.67 bits per heavy atom. The number of halogens is 2. The number of nitrogens with one attached hydrogen (secondary N) is 1. The number of anilines is 1. The number of hydrogen-bond donors (Lipinski definition) is 1. The number of rotatable bonds is 8. The van der Waals surface area contributed by atoms with Gasteiger partial charge in [-0.25, -0.2) is 0 Å². The van der Waals surface area contributed by atoms with Crippen molar-refractivity contribution >= 4 is 34.8 Å². The Hall–Kier alpha value is -2.26. The number of carbonyl (C=O) groups excluding carboxylic acids is 1. The molecule has 7 heteroatoms. The number of ether oxygens (including phenoxy) is 1.